The van der Waals surface area contributed by atoms with Gasteiger partial charge in [-0.2, -0.15) is 0 Å². The highest BCUT2D eigenvalue weighted by Crippen LogP contribution is 2.24. The summed E-state index contributed by atoms with van der Waals surface area (Å²) in [5, 5.41) is 10.6. The van der Waals surface area contributed by atoms with Crippen LogP contribution in [0.2, 0.25) is 0 Å². The molecule has 2 unspecified atom stereocenters. The van der Waals surface area contributed by atoms with Gasteiger partial charge >= 0.3 is 0 Å². The molecular weight excluding hydrogens is 260 g/mol. The summed E-state index contributed by atoms with van der Waals surface area (Å²) in [6.45, 7) is 9.63. The second kappa shape index (κ2) is 6.47. The number of fused-ring (bicyclic) bond motifs is 1. The zero-order valence-electron chi connectivity index (χ0n) is 13.4. The molecule has 2 heterocycles. The molecule has 0 aliphatic carbocycles. The molecule has 3 nitrogen and oxygen atoms in total. The van der Waals surface area contributed by atoms with Crippen LogP contribution in [0.15, 0.2) is 18.2 Å². The molecule has 21 heavy (non-hydrogen) atoms. The van der Waals surface area contributed by atoms with Gasteiger partial charge < -0.3 is 5.11 Å². The number of aliphatic hydroxyl groups is 1. The summed E-state index contributed by atoms with van der Waals surface area (Å²) in [4.78, 5) is 5.10. The van der Waals surface area contributed by atoms with Crippen molar-refractivity contribution in [2.24, 2.45) is 0 Å². The number of hydrogen-bond donors (Lipinski definition) is 1. The van der Waals surface area contributed by atoms with Crippen molar-refractivity contribution < 1.29 is 5.11 Å². The molecule has 2 aliphatic heterocycles. The first-order valence-electron chi connectivity index (χ1n) is 8.35. The van der Waals surface area contributed by atoms with Crippen LogP contribution in [-0.2, 0) is 0 Å². The number of aryl methyl sites for hydroxylation is 2. The van der Waals surface area contributed by atoms with Crippen LogP contribution in [0, 0.1) is 13.8 Å². The average molecular weight is 288 g/mol. The van der Waals surface area contributed by atoms with Gasteiger partial charge in [0.1, 0.15) is 0 Å². The third-order valence-corrected chi connectivity index (χ3v) is 5.15. The van der Waals surface area contributed by atoms with Crippen molar-refractivity contribution in [2.75, 3.05) is 32.7 Å². The molecule has 0 radical (unpaired) electrons. The minimum absolute atomic E-state index is 0.361. The van der Waals surface area contributed by atoms with E-state index in [0.717, 1.165) is 31.2 Å². The van der Waals surface area contributed by atoms with Gasteiger partial charge in [0.25, 0.3) is 0 Å². The third kappa shape index (κ3) is 3.47. The lowest BCUT2D eigenvalue weighted by Crippen LogP contribution is -2.55. The minimum atomic E-state index is -0.361. The van der Waals surface area contributed by atoms with Gasteiger partial charge in [-0.05, 0) is 44.4 Å². The van der Waals surface area contributed by atoms with Crippen molar-refractivity contribution in [1.82, 2.24) is 9.80 Å². The smallest absolute Gasteiger partial charge is 0.0919 e. The Kier molecular flexibility index (Phi) is 4.63. The van der Waals surface area contributed by atoms with E-state index in [9.17, 15) is 5.11 Å². The topological polar surface area (TPSA) is 26.7 Å². The Morgan fingerprint density at radius 2 is 2.05 bits per heavy atom. The zero-order chi connectivity index (χ0) is 14.8. The lowest BCUT2D eigenvalue weighted by Gasteiger charge is -2.44. The van der Waals surface area contributed by atoms with E-state index in [2.05, 4.69) is 41.8 Å². The predicted molar refractivity (Wildman–Crippen MR) is 86.5 cm³/mol. The molecule has 2 aliphatic rings. The number of rotatable bonds is 3. The van der Waals surface area contributed by atoms with E-state index < -0.39 is 0 Å². The first-order chi connectivity index (χ1) is 10.1. The molecule has 1 aromatic rings. The molecule has 0 amide bonds. The molecule has 3 heteroatoms. The summed E-state index contributed by atoms with van der Waals surface area (Å²) in [6, 6.07) is 7.09. The summed E-state index contributed by atoms with van der Waals surface area (Å²) in [6.07, 6.45) is 3.70. The SMILES string of the molecule is Cc1ccc(C)c(C(O)CN2CCN3CCCCC3C2)c1. The quantitative estimate of drug-likeness (QED) is 0.926. The maximum atomic E-state index is 10.6. The highest BCUT2D eigenvalue weighted by atomic mass is 16.3. The van der Waals surface area contributed by atoms with Gasteiger partial charge in [0, 0.05) is 32.2 Å². The number of nitrogens with zero attached hydrogens (tertiary/aromatic N) is 2. The third-order valence-electron chi connectivity index (χ3n) is 5.15. The van der Waals surface area contributed by atoms with Gasteiger partial charge in [0.15, 0.2) is 0 Å². The fourth-order valence-electron chi connectivity index (χ4n) is 3.85. The van der Waals surface area contributed by atoms with Crippen molar-refractivity contribution in [3.8, 4) is 0 Å². The van der Waals surface area contributed by atoms with Crippen LogP contribution in [0.25, 0.3) is 0 Å². The van der Waals surface area contributed by atoms with Crippen molar-refractivity contribution in [1.29, 1.82) is 0 Å². The van der Waals surface area contributed by atoms with E-state index in [4.69, 9.17) is 0 Å². The molecule has 2 saturated heterocycles. The van der Waals surface area contributed by atoms with Crippen LogP contribution >= 0.6 is 0 Å². The van der Waals surface area contributed by atoms with Crippen LogP contribution < -0.4 is 0 Å². The second-order valence-corrected chi connectivity index (χ2v) is 6.82. The summed E-state index contributed by atoms with van der Waals surface area (Å²) >= 11 is 0. The second-order valence-electron chi connectivity index (χ2n) is 6.82. The van der Waals surface area contributed by atoms with Crippen LogP contribution in [0.3, 0.4) is 0 Å². The summed E-state index contributed by atoms with van der Waals surface area (Å²) in [7, 11) is 0. The minimum Gasteiger partial charge on any atom is -0.387 e. The molecular formula is C18H28N2O. The van der Waals surface area contributed by atoms with E-state index in [0.29, 0.717) is 0 Å². The van der Waals surface area contributed by atoms with E-state index in [1.54, 1.807) is 0 Å². The Morgan fingerprint density at radius 3 is 2.90 bits per heavy atom. The number of hydrogen-bond acceptors (Lipinski definition) is 3. The van der Waals surface area contributed by atoms with Crippen molar-refractivity contribution in [3.63, 3.8) is 0 Å². The van der Waals surface area contributed by atoms with Crippen LogP contribution in [-0.4, -0.2) is 53.7 Å². The summed E-state index contributed by atoms with van der Waals surface area (Å²) in [5.41, 5.74) is 3.53. The Labute approximate surface area is 128 Å². The fraction of sp³-hybridized carbons (Fsp3) is 0.667. The highest BCUT2D eigenvalue weighted by Gasteiger charge is 2.29. The monoisotopic (exact) mass is 288 g/mol. The van der Waals surface area contributed by atoms with E-state index >= 15 is 0 Å². The average Bonchev–Trinajstić information content (AvgIpc) is 2.49. The molecule has 1 N–H and O–H groups in total. The normalized spacial score (nSPS) is 25.6. The standard InChI is InChI=1S/C18H28N2O/c1-14-6-7-15(2)17(11-14)18(21)13-19-9-10-20-8-4-3-5-16(20)12-19/h6-7,11,16,18,21H,3-5,8-10,12-13H2,1-2H3. The van der Waals surface area contributed by atoms with Gasteiger partial charge in [-0.3, -0.25) is 9.80 Å². The lowest BCUT2D eigenvalue weighted by atomic mass is 9.97. The van der Waals surface area contributed by atoms with Crippen molar-refractivity contribution in [3.05, 3.63) is 34.9 Å². The first kappa shape index (κ1) is 15.0. The molecule has 1 aromatic carbocycles. The molecule has 0 bridgehead atoms. The van der Waals surface area contributed by atoms with E-state index in [-0.39, 0.29) is 6.10 Å². The Morgan fingerprint density at radius 1 is 1.19 bits per heavy atom. The van der Waals surface area contributed by atoms with Crippen LogP contribution in [0.4, 0.5) is 0 Å². The molecule has 116 valence electrons. The molecule has 3 rings (SSSR count). The van der Waals surface area contributed by atoms with E-state index in [1.165, 1.54) is 43.5 Å². The molecule has 2 fully saturated rings. The largest absolute Gasteiger partial charge is 0.387 e. The molecule has 2 atom stereocenters. The molecule has 0 saturated carbocycles. The maximum Gasteiger partial charge on any atom is 0.0919 e. The fourth-order valence-corrected chi connectivity index (χ4v) is 3.85. The first-order valence-corrected chi connectivity index (χ1v) is 8.35. The van der Waals surface area contributed by atoms with Gasteiger partial charge in [-0.15, -0.1) is 0 Å². The molecule has 0 spiro atoms. The summed E-state index contributed by atoms with van der Waals surface area (Å²) < 4.78 is 0. The van der Waals surface area contributed by atoms with Crippen LogP contribution in [0.1, 0.15) is 42.1 Å². The van der Waals surface area contributed by atoms with Gasteiger partial charge in [-0.1, -0.05) is 30.2 Å². The van der Waals surface area contributed by atoms with E-state index in [1.807, 2.05) is 0 Å². The Balaban J connectivity index is 1.62. The van der Waals surface area contributed by atoms with Gasteiger partial charge in [0.05, 0.1) is 6.10 Å². The molecule has 0 aromatic heterocycles. The van der Waals surface area contributed by atoms with Crippen molar-refractivity contribution in [2.45, 2.75) is 45.3 Å². The predicted octanol–water partition coefficient (Wildman–Crippen LogP) is 2.51. The van der Waals surface area contributed by atoms with Gasteiger partial charge in [-0.25, -0.2) is 0 Å². The maximum absolute atomic E-state index is 10.6. The Hall–Kier alpha value is -0.900. The number of piperidine rings is 1. The number of piperazine rings is 1. The summed E-state index contributed by atoms with van der Waals surface area (Å²) in [5.74, 6) is 0. The Bertz CT molecular complexity index is 488. The number of benzene rings is 1. The van der Waals surface area contributed by atoms with Crippen molar-refractivity contribution >= 4 is 0 Å². The number of β-amino-alcohol motifs (C(OH)–C–C–N with tert-alkyl or cyclic N) is 1. The van der Waals surface area contributed by atoms with Crippen LogP contribution in [0.5, 0.6) is 0 Å². The lowest BCUT2D eigenvalue weighted by molar-refractivity contribution is 0.0232. The zero-order valence-corrected chi connectivity index (χ0v) is 13.4. The highest BCUT2D eigenvalue weighted by molar-refractivity contribution is 5.32. The van der Waals surface area contributed by atoms with Gasteiger partial charge in [0.2, 0.25) is 0 Å². The number of aliphatic hydroxyl groups excluding tert-OH is 1.